The van der Waals surface area contributed by atoms with Crippen LogP contribution in [0.15, 0.2) is 53.4 Å². The fourth-order valence-corrected chi connectivity index (χ4v) is 3.49. The van der Waals surface area contributed by atoms with Crippen molar-refractivity contribution >= 4 is 21.6 Å². The molecule has 5 nitrogen and oxygen atoms in total. The molecule has 1 atom stereocenters. The van der Waals surface area contributed by atoms with E-state index in [0.717, 1.165) is 5.56 Å². The van der Waals surface area contributed by atoms with E-state index in [1.54, 1.807) is 48.5 Å². The van der Waals surface area contributed by atoms with E-state index in [2.05, 4.69) is 5.32 Å². The second kappa shape index (κ2) is 7.91. The zero-order chi connectivity index (χ0) is 19.5. The lowest BCUT2D eigenvalue weighted by Gasteiger charge is -2.21. The number of rotatable bonds is 6. The highest BCUT2D eigenvalue weighted by molar-refractivity contribution is 7.92. The molecule has 0 bridgehead atoms. The molecule has 2 rings (SSSR count). The van der Waals surface area contributed by atoms with Gasteiger partial charge < -0.3 is 5.32 Å². The Kier molecular flexibility index (Phi) is 6.08. The molecule has 1 amide bonds. The van der Waals surface area contributed by atoms with Crippen LogP contribution in [-0.2, 0) is 10.0 Å². The van der Waals surface area contributed by atoms with Gasteiger partial charge in [0.25, 0.3) is 15.9 Å². The number of hydrogen-bond acceptors (Lipinski definition) is 3. The molecule has 0 heterocycles. The molecular formula is C20H26N2O3S. The Balaban J connectivity index is 2.28. The number of aryl methyl sites for hydroxylation is 1. The first-order valence-electron chi connectivity index (χ1n) is 8.59. The molecule has 1 N–H and O–H groups in total. The van der Waals surface area contributed by atoms with Gasteiger partial charge in [-0.25, -0.2) is 8.42 Å². The molecule has 140 valence electrons. The van der Waals surface area contributed by atoms with Gasteiger partial charge >= 0.3 is 0 Å². The number of hydrogen-bond donors (Lipinski definition) is 1. The molecular weight excluding hydrogens is 348 g/mol. The molecule has 0 aliphatic rings. The summed E-state index contributed by atoms with van der Waals surface area (Å²) in [4.78, 5) is 12.6. The van der Waals surface area contributed by atoms with Crippen molar-refractivity contribution in [1.82, 2.24) is 5.32 Å². The predicted molar refractivity (Wildman–Crippen MR) is 105 cm³/mol. The third kappa shape index (κ3) is 4.43. The van der Waals surface area contributed by atoms with Gasteiger partial charge in [0.1, 0.15) is 0 Å². The maximum absolute atomic E-state index is 12.8. The summed E-state index contributed by atoms with van der Waals surface area (Å²) in [6, 6.07) is 13.4. The lowest BCUT2D eigenvalue weighted by molar-refractivity contribution is 0.0930. The van der Waals surface area contributed by atoms with Crippen molar-refractivity contribution in [3.8, 4) is 0 Å². The second-order valence-electron chi connectivity index (χ2n) is 6.84. The van der Waals surface area contributed by atoms with Gasteiger partial charge in [-0.05, 0) is 50.1 Å². The minimum absolute atomic E-state index is 0.0279. The van der Waals surface area contributed by atoms with Crippen molar-refractivity contribution in [2.45, 2.75) is 38.6 Å². The van der Waals surface area contributed by atoms with Gasteiger partial charge in [0.15, 0.2) is 0 Å². The molecule has 0 fully saturated rings. The van der Waals surface area contributed by atoms with Crippen LogP contribution >= 0.6 is 0 Å². The van der Waals surface area contributed by atoms with Crippen LogP contribution in [-0.4, -0.2) is 27.4 Å². The smallest absolute Gasteiger partial charge is 0.264 e. The van der Waals surface area contributed by atoms with Crippen molar-refractivity contribution in [2.75, 3.05) is 11.4 Å². The van der Waals surface area contributed by atoms with Gasteiger partial charge in [0.05, 0.1) is 10.6 Å². The van der Waals surface area contributed by atoms with Crippen LogP contribution in [0.25, 0.3) is 0 Å². The number of nitrogens with one attached hydrogen (secondary N) is 1. The number of sulfonamides is 1. The second-order valence-corrected chi connectivity index (χ2v) is 8.81. The molecule has 0 aliphatic heterocycles. The lowest BCUT2D eigenvalue weighted by Crippen LogP contribution is -2.36. The van der Waals surface area contributed by atoms with Gasteiger partial charge in [-0.1, -0.05) is 37.6 Å². The normalized spacial score (nSPS) is 12.7. The Morgan fingerprint density at radius 2 is 1.65 bits per heavy atom. The van der Waals surface area contributed by atoms with Crippen molar-refractivity contribution in [1.29, 1.82) is 0 Å². The van der Waals surface area contributed by atoms with E-state index in [1.165, 1.54) is 11.4 Å². The number of anilines is 1. The van der Waals surface area contributed by atoms with Gasteiger partial charge in [-0.3, -0.25) is 9.10 Å². The highest BCUT2D eigenvalue weighted by Gasteiger charge is 2.22. The molecule has 2 aromatic rings. The van der Waals surface area contributed by atoms with Crippen LogP contribution < -0.4 is 9.62 Å². The third-order valence-corrected chi connectivity index (χ3v) is 6.31. The molecule has 2 aromatic carbocycles. The van der Waals surface area contributed by atoms with Crippen LogP contribution in [0.3, 0.4) is 0 Å². The molecule has 0 saturated carbocycles. The average Bonchev–Trinajstić information content (AvgIpc) is 2.61. The summed E-state index contributed by atoms with van der Waals surface area (Å²) < 4.78 is 26.8. The molecule has 0 saturated heterocycles. The fraction of sp³-hybridized carbons (Fsp3) is 0.350. The standard InChI is InChI=1S/C20H26N2O3S/c1-14(2)16(4)21-20(23)17-7-6-8-18(13-17)22(5)26(24,25)19-11-9-15(3)10-12-19/h6-14,16H,1-5H3,(H,21,23). The van der Waals surface area contributed by atoms with Crippen LogP contribution in [0.4, 0.5) is 5.69 Å². The van der Waals surface area contributed by atoms with E-state index in [1.807, 2.05) is 27.7 Å². The maximum atomic E-state index is 12.8. The number of carbonyl (C=O) groups is 1. The fourth-order valence-electron chi connectivity index (χ4n) is 2.31. The summed E-state index contributed by atoms with van der Waals surface area (Å²) in [5.74, 6) is 0.0981. The number of carbonyl (C=O) groups excluding carboxylic acids is 1. The van der Waals surface area contributed by atoms with E-state index in [9.17, 15) is 13.2 Å². The highest BCUT2D eigenvalue weighted by atomic mass is 32.2. The first-order valence-corrected chi connectivity index (χ1v) is 10.0. The minimum atomic E-state index is -3.69. The van der Waals surface area contributed by atoms with Crippen molar-refractivity contribution < 1.29 is 13.2 Å². The van der Waals surface area contributed by atoms with E-state index >= 15 is 0 Å². The Hall–Kier alpha value is -2.34. The number of benzene rings is 2. The van der Waals surface area contributed by atoms with Crippen LogP contribution in [0.1, 0.15) is 36.7 Å². The Morgan fingerprint density at radius 3 is 2.23 bits per heavy atom. The lowest BCUT2D eigenvalue weighted by atomic mass is 10.1. The molecule has 26 heavy (non-hydrogen) atoms. The zero-order valence-corrected chi connectivity index (χ0v) is 16.7. The molecule has 0 radical (unpaired) electrons. The van der Waals surface area contributed by atoms with E-state index < -0.39 is 10.0 Å². The van der Waals surface area contributed by atoms with E-state index in [0.29, 0.717) is 17.2 Å². The average molecular weight is 375 g/mol. The first kappa shape index (κ1) is 20.0. The summed E-state index contributed by atoms with van der Waals surface area (Å²) in [5.41, 5.74) is 1.86. The van der Waals surface area contributed by atoms with Gasteiger partial charge in [-0.15, -0.1) is 0 Å². The van der Waals surface area contributed by atoms with Gasteiger partial charge in [-0.2, -0.15) is 0 Å². The summed E-state index contributed by atoms with van der Waals surface area (Å²) >= 11 is 0. The van der Waals surface area contributed by atoms with Gasteiger partial charge in [0.2, 0.25) is 0 Å². The largest absolute Gasteiger partial charge is 0.349 e. The molecule has 0 aromatic heterocycles. The van der Waals surface area contributed by atoms with Crippen LogP contribution in [0.2, 0.25) is 0 Å². The van der Waals surface area contributed by atoms with Crippen LogP contribution in [0.5, 0.6) is 0 Å². The van der Waals surface area contributed by atoms with Gasteiger partial charge in [0, 0.05) is 18.7 Å². The quantitative estimate of drug-likeness (QED) is 0.840. The number of amides is 1. The van der Waals surface area contributed by atoms with E-state index in [4.69, 9.17) is 0 Å². The third-order valence-electron chi connectivity index (χ3n) is 4.51. The zero-order valence-electron chi connectivity index (χ0n) is 15.9. The summed E-state index contributed by atoms with van der Waals surface area (Å²) in [6.07, 6.45) is 0. The Bertz CT molecular complexity index is 874. The number of nitrogens with zero attached hydrogens (tertiary/aromatic N) is 1. The molecule has 6 heteroatoms. The topological polar surface area (TPSA) is 66.5 Å². The molecule has 0 aliphatic carbocycles. The Labute approximate surface area is 156 Å². The SMILES string of the molecule is Cc1ccc(S(=O)(=O)N(C)c2cccc(C(=O)NC(C)C(C)C)c2)cc1. The van der Waals surface area contributed by atoms with Crippen molar-refractivity contribution in [2.24, 2.45) is 5.92 Å². The monoisotopic (exact) mass is 374 g/mol. The van der Waals surface area contributed by atoms with Crippen molar-refractivity contribution in [3.63, 3.8) is 0 Å². The summed E-state index contributed by atoms with van der Waals surface area (Å²) in [5, 5.41) is 2.93. The van der Waals surface area contributed by atoms with Crippen LogP contribution in [0, 0.1) is 12.8 Å². The van der Waals surface area contributed by atoms with Crippen molar-refractivity contribution in [3.05, 3.63) is 59.7 Å². The summed E-state index contributed by atoms with van der Waals surface area (Å²) in [6.45, 7) is 7.91. The summed E-state index contributed by atoms with van der Waals surface area (Å²) in [7, 11) is -2.20. The Morgan fingerprint density at radius 1 is 1.04 bits per heavy atom. The molecule has 1 unspecified atom stereocenters. The van der Waals surface area contributed by atoms with E-state index in [-0.39, 0.29) is 16.8 Å². The minimum Gasteiger partial charge on any atom is -0.349 e. The predicted octanol–water partition coefficient (Wildman–Crippen LogP) is 3.59. The maximum Gasteiger partial charge on any atom is 0.264 e. The highest BCUT2D eigenvalue weighted by Crippen LogP contribution is 2.23. The molecule has 0 spiro atoms. The first-order chi connectivity index (χ1) is 12.1.